The summed E-state index contributed by atoms with van der Waals surface area (Å²) in [6.45, 7) is 2.90. The first-order chi connectivity index (χ1) is 9.78. The molecule has 0 saturated heterocycles. The highest BCUT2D eigenvalue weighted by Gasteiger charge is 2.21. The van der Waals surface area contributed by atoms with Crippen LogP contribution in [0.5, 0.6) is 0 Å². The number of rotatable bonds is 3. The Morgan fingerprint density at radius 1 is 1.30 bits per heavy atom. The lowest BCUT2D eigenvalue weighted by molar-refractivity contribution is -0.122. The van der Waals surface area contributed by atoms with E-state index in [4.69, 9.17) is 0 Å². The van der Waals surface area contributed by atoms with E-state index in [2.05, 4.69) is 31.9 Å². The Labute approximate surface area is 118 Å². The molecule has 0 saturated carbocycles. The van der Waals surface area contributed by atoms with Crippen LogP contribution >= 0.6 is 0 Å². The van der Waals surface area contributed by atoms with Gasteiger partial charge < -0.3 is 9.88 Å². The minimum atomic E-state index is 0.0493. The van der Waals surface area contributed by atoms with Gasteiger partial charge in [-0.25, -0.2) is 4.98 Å². The first-order valence-electron chi connectivity index (χ1n) is 6.80. The lowest BCUT2D eigenvalue weighted by Crippen LogP contribution is -2.40. The fourth-order valence-corrected chi connectivity index (χ4v) is 2.57. The number of nitrogens with zero attached hydrogens (tertiary/aromatic N) is 3. The molecular weight excluding hydrogens is 252 g/mol. The van der Waals surface area contributed by atoms with Gasteiger partial charge >= 0.3 is 0 Å². The van der Waals surface area contributed by atoms with Crippen LogP contribution in [0.4, 0.5) is 0 Å². The van der Waals surface area contributed by atoms with Crippen molar-refractivity contribution in [3.05, 3.63) is 42.4 Å². The third-order valence-electron chi connectivity index (χ3n) is 3.66. The number of imidazole rings is 1. The summed E-state index contributed by atoms with van der Waals surface area (Å²) < 4.78 is 2.25. The average molecular weight is 270 g/mol. The van der Waals surface area contributed by atoms with Crippen LogP contribution in [0.3, 0.4) is 0 Å². The molecule has 1 amide bonds. The van der Waals surface area contributed by atoms with Crippen LogP contribution in [0.2, 0.25) is 0 Å². The van der Waals surface area contributed by atoms with E-state index in [1.54, 1.807) is 7.05 Å². The second-order valence-corrected chi connectivity index (χ2v) is 4.96. The molecule has 20 heavy (non-hydrogen) atoms. The summed E-state index contributed by atoms with van der Waals surface area (Å²) in [5.74, 6) is 1.08. The number of carbonyl (C=O) groups is 1. The van der Waals surface area contributed by atoms with Gasteiger partial charge in [0.1, 0.15) is 5.82 Å². The van der Waals surface area contributed by atoms with E-state index in [0.717, 1.165) is 31.2 Å². The van der Waals surface area contributed by atoms with Crippen molar-refractivity contribution < 1.29 is 4.79 Å². The van der Waals surface area contributed by atoms with Gasteiger partial charge in [-0.15, -0.1) is 0 Å². The van der Waals surface area contributed by atoms with Crippen LogP contribution in [0.15, 0.2) is 36.5 Å². The summed E-state index contributed by atoms with van der Waals surface area (Å²) in [4.78, 5) is 18.1. The van der Waals surface area contributed by atoms with Crippen molar-refractivity contribution in [2.24, 2.45) is 0 Å². The second kappa shape index (κ2) is 5.46. The fraction of sp³-hybridized carbons (Fsp3) is 0.333. The maximum Gasteiger partial charge on any atom is 0.233 e. The van der Waals surface area contributed by atoms with Gasteiger partial charge in [-0.3, -0.25) is 9.69 Å². The van der Waals surface area contributed by atoms with Crippen LogP contribution in [-0.4, -0.2) is 40.5 Å². The maximum atomic E-state index is 11.4. The van der Waals surface area contributed by atoms with Gasteiger partial charge in [-0.05, 0) is 5.56 Å². The van der Waals surface area contributed by atoms with Crippen molar-refractivity contribution >= 4 is 5.91 Å². The molecule has 1 aromatic carbocycles. The maximum absolute atomic E-state index is 11.4. The van der Waals surface area contributed by atoms with Crippen LogP contribution in [0, 0.1) is 0 Å². The molecule has 1 aliphatic rings. The Morgan fingerprint density at radius 3 is 2.85 bits per heavy atom. The normalized spacial score (nSPS) is 14.8. The summed E-state index contributed by atoms with van der Waals surface area (Å²) in [5, 5.41) is 2.66. The summed E-state index contributed by atoms with van der Waals surface area (Å²) >= 11 is 0. The van der Waals surface area contributed by atoms with Gasteiger partial charge in [0.25, 0.3) is 0 Å². The van der Waals surface area contributed by atoms with Crippen LogP contribution in [0.1, 0.15) is 5.82 Å². The number of nitrogens with one attached hydrogen (secondary N) is 1. The highest BCUT2D eigenvalue weighted by molar-refractivity contribution is 5.77. The summed E-state index contributed by atoms with van der Waals surface area (Å²) in [6, 6.07) is 10.3. The first-order valence-corrected chi connectivity index (χ1v) is 6.80. The zero-order valence-corrected chi connectivity index (χ0v) is 11.5. The van der Waals surface area contributed by atoms with Crippen LogP contribution in [-0.2, 0) is 17.9 Å². The molecule has 2 aromatic rings. The largest absolute Gasteiger partial charge is 0.358 e. The monoisotopic (exact) mass is 270 g/mol. The minimum absolute atomic E-state index is 0.0493. The lowest BCUT2D eigenvalue weighted by Gasteiger charge is -2.27. The van der Waals surface area contributed by atoms with Gasteiger partial charge in [0, 0.05) is 20.1 Å². The first kappa shape index (κ1) is 12.9. The van der Waals surface area contributed by atoms with Crippen molar-refractivity contribution in [2.75, 3.05) is 20.1 Å². The van der Waals surface area contributed by atoms with Crippen molar-refractivity contribution in [1.82, 2.24) is 19.8 Å². The zero-order chi connectivity index (χ0) is 13.9. The Kier molecular flexibility index (Phi) is 3.52. The zero-order valence-electron chi connectivity index (χ0n) is 11.5. The number of amides is 1. The third kappa shape index (κ3) is 2.44. The van der Waals surface area contributed by atoms with E-state index in [0.29, 0.717) is 6.54 Å². The summed E-state index contributed by atoms with van der Waals surface area (Å²) in [5.41, 5.74) is 2.34. The van der Waals surface area contributed by atoms with Crippen LogP contribution < -0.4 is 5.32 Å². The van der Waals surface area contributed by atoms with Gasteiger partial charge in [0.2, 0.25) is 5.91 Å². The minimum Gasteiger partial charge on any atom is -0.358 e. The number of hydrogen-bond donors (Lipinski definition) is 1. The summed E-state index contributed by atoms with van der Waals surface area (Å²) in [6.07, 6.45) is 1.92. The molecule has 0 radical (unpaired) electrons. The molecule has 5 heteroatoms. The molecule has 5 nitrogen and oxygen atoms in total. The number of carbonyl (C=O) groups excluding carboxylic acids is 1. The highest BCUT2D eigenvalue weighted by atomic mass is 16.1. The topological polar surface area (TPSA) is 50.2 Å². The van der Waals surface area contributed by atoms with Crippen molar-refractivity contribution in [2.45, 2.75) is 13.1 Å². The Morgan fingerprint density at radius 2 is 2.10 bits per heavy atom. The number of fused-ring (bicyclic) bond motifs is 1. The van der Waals surface area contributed by atoms with Gasteiger partial charge in [0.15, 0.2) is 0 Å². The molecule has 3 rings (SSSR count). The van der Waals surface area contributed by atoms with Crippen LogP contribution in [0.25, 0.3) is 11.3 Å². The second-order valence-electron chi connectivity index (χ2n) is 4.96. The molecule has 1 aromatic heterocycles. The molecule has 0 bridgehead atoms. The average Bonchev–Trinajstić information content (AvgIpc) is 2.91. The Balaban J connectivity index is 1.80. The molecule has 0 aliphatic carbocycles. The molecule has 0 spiro atoms. The van der Waals surface area contributed by atoms with Crippen molar-refractivity contribution in [3.63, 3.8) is 0 Å². The lowest BCUT2D eigenvalue weighted by atomic mass is 10.1. The third-order valence-corrected chi connectivity index (χ3v) is 3.66. The number of hydrogen-bond acceptors (Lipinski definition) is 3. The molecule has 0 unspecified atom stereocenters. The number of aromatic nitrogens is 2. The highest BCUT2D eigenvalue weighted by Crippen LogP contribution is 2.23. The standard InChI is InChI=1S/C15H18N4O/c1-16-15(20)11-18-7-8-19-13(9-17-14(19)10-18)12-5-3-2-4-6-12/h2-6,9H,7-8,10-11H2,1H3,(H,16,20). The Hall–Kier alpha value is -2.14. The predicted molar refractivity (Wildman–Crippen MR) is 77.0 cm³/mol. The fourth-order valence-electron chi connectivity index (χ4n) is 2.57. The molecule has 2 heterocycles. The molecule has 0 atom stereocenters. The number of benzene rings is 1. The van der Waals surface area contributed by atoms with Crippen molar-refractivity contribution in [1.29, 1.82) is 0 Å². The van der Waals surface area contributed by atoms with E-state index in [1.807, 2.05) is 24.4 Å². The van der Waals surface area contributed by atoms with Gasteiger partial charge in [-0.1, -0.05) is 30.3 Å². The number of likely N-dealkylation sites (N-methyl/N-ethyl adjacent to an activating group) is 1. The molecule has 1 aliphatic heterocycles. The van der Waals surface area contributed by atoms with Gasteiger partial charge in [0.05, 0.1) is 25.0 Å². The van der Waals surface area contributed by atoms with E-state index in [-0.39, 0.29) is 5.91 Å². The van der Waals surface area contributed by atoms with Gasteiger partial charge in [-0.2, -0.15) is 0 Å². The summed E-state index contributed by atoms with van der Waals surface area (Å²) in [7, 11) is 1.67. The SMILES string of the molecule is CNC(=O)CN1CCn2c(-c3ccccc3)cnc2C1. The molecule has 104 valence electrons. The molecule has 0 fully saturated rings. The van der Waals surface area contributed by atoms with E-state index >= 15 is 0 Å². The predicted octanol–water partition coefficient (Wildman–Crippen LogP) is 1.11. The van der Waals surface area contributed by atoms with E-state index in [9.17, 15) is 4.79 Å². The Bertz CT molecular complexity index is 606. The smallest absolute Gasteiger partial charge is 0.233 e. The quantitative estimate of drug-likeness (QED) is 0.909. The van der Waals surface area contributed by atoms with E-state index < -0.39 is 0 Å². The van der Waals surface area contributed by atoms with E-state index in [1.165, 1.54) is 5.56 Å². The molecule has 1 N–H and O–H groups in total. The van der Waals surface area contributed by atoms with Crippen molar-refractivity contribution in [3.8, 4) is 11.3 Å². The molecular formula is C15H18N4O.